The number of hydrogen-bond donors (Lipinski definition) is 1. The fourth-order valence-electron chi connectivity index (χ4n) is 2.28. The zero-order chi connectivity index (χ0) is 16.1. The van der Waals surface area contributed by atoms with E-state index in [1.807, 2.05) is 0 Å². The van der Waals surface area contributed by atoms with E-state index in [4.69, 9.17) is 0 Å². The first-order chi connectivity index (χ1) is 10.4. The molecule has 1 heterocycles. The Morgan fingerprint density at radius 1 is 1.23 bits per heavy atom. The third kappa shape index (κ3) is 5.14. The van der Waals surface area contributed by atoms with E-state index in [-0.39, 0.29) is 5.75 Å². The van der Waals surface area contributed by atoms with E-state index >= 15 is 0 Å². The zero-order valence-corrected chi connectivity index (χ0v) is 14.2. The first kappa shape index (κ1) is 17.0. The van der Waals surface area contributed by atoms with Gasteiger partial charge in [0.25, 0.3) is 0 Å². The van der Waals surface area contributed by atoms with Gasteiger partial charge < -0.3 is 0 Å². The molecule has 22 heavy (non-hydrogen) atoms. The molecule has 0 atom stereocenters. The average molecular weight is 342 g/mol. The lowest BCUT2D eigenvalue weighted by molar-refractivity contribution is 0.598. The van der Waals surface area contributed by atoms with Crippen molar-refractivity contribution in [3.8, 4) is 0 Å². The summed E-state index contributed by atoms with van der Waals surface area (Å²) in [7, 11) is -5.43. The lowest BCUT2D eigenvalue weighted by Gasteiger charge is -2.08. The summed E-state index contributed by atoms with van der Waals surface area (Å²) < 4.78 is 42.9. The smallest absolute Gasteiger partial charge is 0.232 e. The maximum Gasteiger partial charge on any atom is 0.232 e. The Morgan fingerprint density at radius 2 is 1.86 bits per heavy atom. The van der Waals surface area contributed by atoms with E-state index in [0.717, 1.165) is 12.8 Å². The molecule has 0 radical (unpaired) electrons. The maximum absolute atomic E-state index is 12.3. The second kappa shape index (κ2) is 7.28. The monoisotopic (exact) mass is 342 g/mol. The molecule has 0 aromatic heterocycles. The van der Waals surface area contributed by atoms with Crippen molar-refractivity contribution in [3.05, 3.63) is 36.9 Å². The average Bonchev–Trinajstić information content (AvgIpc) is 2.87. The van der Waals surface area contributed by atoms with Crippen molar-refractivity contribution in [2.75, 3.05) is 22.0 Å². The quantitative estimate of drug-likeness (QED) is 0.610. The number of nitrogens with one attached hydrogen (secondary N) is 1. The van der Waals surface area contributed by atoms with Gasteiger partial charge in [0.15, 0.2) is 0 Å². The topological polar surface area (TPSA) is 75.6 Å². The second-order valence-corrected chi connectivity index (χ2v) is 9.76. The molecule has 5 nitrogen and oxygen atoms in total. The van der Waals surface area contributed by atoms with E-state index in [1.54, 1.807) is 30.3 Å². The highest BCUT2D eigenvalue weighted by molar-refractivity contribution is 7.94. The van der Waals surface area contributed by atoms with E-state index < -0.39 is 19.8 Å². The summed E-state index contributed by atoms with van der Waals surface area (Å²) in [6, 6.07) is 6.71. The van der Waals surface area contributed by atoms with Gasteiger partial charge >= 0.3 is 0 Å². The molecule has 1 N–H and O–H groups in total. The number of sulfonamides is 1. The largest absolute Gasteiger partial charge is 0.284 e. The molecule has 1 aromatic rings. The van der Waals surface area contributed by atoms with Gasteiger partial charge in [-0.1, -0.05) is 6.08 Å². The van der Waals surface area contributed by atoms with Gasteiger partial charge in [-0.15, -0.1) is 6.58 Å². The molecule has 1 saturated heterocycles. The van der Waals surface area contributed by atoms with Gasteiger partial charge in [-0.25, -0.2) is 12.6 Å². The highest BCUT2D eigenvalue weighted by atomic mass is 32.2. The molecule has 0 saturated carbocycles. The van der Waals surface area contributed by atoms with Crippen molar-refractivity contribution in [1.82, 2.24) is 0 Å². The summed E-state index contributed by atoms with van der Waals surface area (Å²) >= 11 is 0. The van der Waals surface area contributed by atoms with Crippen LogP contribution in [0.1, 0.15) is 25.7 Å². The minimum Gasteiger partial charge on any atom is -0.284 e. The van der Waals surface area contributed by atoms with Gasteiger partial charge in [0.05, 0.1) is 21.2 Å². The third-order valence-corrected chi connectivity index (χ3v) is 7.18. The van der Waals surface area contributed by atoms with Crippen molar-refractivity contribution >= 4 is 31.1 Å². The molecule has 7 heteroatoms. The summed E-state index contributed by atoms with van der Waals surface area (Å²) in [5.74, 6) is 1.38. The Bertz CT molecular complexity index is 719. The molecule has 1 aromatic carbocycles. The number of anilines is 1. The van der Waals surface area contributed by atoms with Crippen molar-refractivity contribution in [3.63, 3.8) is 0 Å². The standard InChI is InChI=1S/C15H22N2O3S2/c1-2-3-4-13-22(19,20)17-15-9-7-14(8-10-15)16-21(18)11-5-6-12-21/h2,7-10,17H,1,3-6,11-13H2. The van der Waals surface area contributed by atoms with Crippen molar-refractivity contribution in [2.45, 2.75) is 25.7 Å². The molecule has 1 aliphatic heterocycles. The first-order valence-corrected chi connectivity index (χ1v) is 10.9. The Balaban J connectivity index is 2.03. The van der Waals surface area contributed by atoms with Crippen LogP contribution in [0.15, 0.2) is 41.3 Å². The van der Waals surface area contributed by atoms with Crippen LogP contribution in [-0.4, -0.2) is 29.9 Å². The zero-order valence-electron chi connectivity index (χ0n) is 12.5. The fraction of sp³-hybridized carbons (Fsp3) is 0.467. The molecule has 1 fully saturated rings. The second-order valence-electron chi connectivity index (χ2n) is 5.38. The Kier molecular flexibility index (Phi) is 5.63. The Morgan fingerprint density at radius 3 is 2.45 bits per heavy atom. The third-order valence-electron chi connectivity index (χ3n) is 3.41. The van der Waals surface area contributed by atoms with E-state index in [0.29, 0.717) is 35.7 Å². The van der Waals surface area contributed by atoms with Crippen LogP contribution in [0, 0.1) is 0 Å². The van der Waals surface area contributed by atoms with Crippen LogP contribution in [-0.2, 0) is 19.8 Å². The number of allylic oxidation sites excluding steroid dienone is 1. The molecule has 2 rings (SSSR count). The predicted molar refractivity (Wildman–Crippen MR) is 92.5 cm³/mol. The number of rotatable bonds is 7. The van der Waals surface area contributed by atoms with E-state index in [2.05, 4.69) is 15.7 Å². The van der Waals surface area contributed by atoms with Crippen LogP contribution in [0.25, 0.3) is 0 Å². The molecular formula is C15H22N2O3S2. The number of benzene rings is 1. The van der Waals surface area contributed by atoms with Crippen molar-refractivity contribution in [2.24, 2.45) is 4.36 Å². The molecule has 0 unspecified atom stereocenters. The Hall–Kier alpha value is -1.34. The molecule has 0 bridgehead atoms. The number of hydrogen-bond acceptors (Lipinski definition) is 4. The summed E-state index contributed by atoms with van der Waals surface area (Å²) in [6.07, 6.45) is 4.85. The van der Waals surface area contributed by atoms with Gasteiger partial charge in [0, 0.05) is 17.2 Å². The minimum atomic E-state index is -3.34. The molecule has 1 aliphatic rings. The van der Waals surface area contributed by atoms with Gasteiger partial charge in [-0.05, 0) is 49.9 Å². The summed E-state index contributed by atoms with van der Waals surface area (Å²) in [6.45, 7) is 3.57. The van der Waals surface area contributed by atoms with Crippen LogP contribution in [0.5, 0.6) is 0 Å². The van der Waals surface area contributed by atoms with Crippen molar-refractivity contribution < 1.29 is 12.6 Å². The summed E-state index contributed by atoms with van der Waals surface area (Å²) in [5.41, 5.74) is 1.14. The van der Waals surface area contributed by atoms with Gasteiger partial charge in [-0.3, -0.25) is 4.72 Å². The van der Waals surface area contributed by atoms with Crippen LogP contribution in [0.2, 0.25) is 0 Å². The van der Waals surface area contributed by atoms with E-state index in [1.165, 1.54) is 0 Å². The Labute approximate surface area is 133 Å². The van der Waals surface area contributed by atoms with Crippen LogP contribution in [0.4, 0.5) is 11.4 Å². The van der Waals surface area contributed by atoms with Gasteiger partial charge in [-0.2, -0.15) is 4.36 Å². The van der Waals surface area contributed by atoms with Crippen LogP contribution in [0.3, 0.4) is 0 Å². The minimum absolute atomic E-state index is 0.0684. The molecule has 0 aliphatic carbocycles. The SMILES string of the molecule is C=CCCCS(=O)(=O)Nc1ccc(N=S2(=O)CCCC2)cc1. The fourth-order valence-corrected chi connectivity index (χ4v) is 5.63. The molecule has 0 spiro atoms. The first-order valence-electron chi connectivity index (χ1n) is 7.36. The van der Waals surface area contributed by atoms with Gasteiger partial charge in [0.1, 0.15) is 0 Å². The highest BCUT2D eigenvalue weighted by Crippen LogP contribution is 2.23. The van der Waals surface area contributed by atoms with E-state index in [9.17, 15) is 12.6 Å². The normalized spacial score (nSPS) is 17.1. The highest BCUT2D eigenvalue weighted by Gasteiger charge is 2.16. The molecule has 0 amide bonds. The van der Waals surface area contributed by atoms with Gasteiger partial charge in [0.2, 0.25) is 10.0 Å². The lowest BCUT2D eigenvalue weighted by Crippen LogP contribution is -2.16. The molecular weight excluding hydrogens is 320 g/mol. The maximum atomic E-state index is 12.3. The summed E-state index contributed by atoms with van der Waals surface area (Å²) in [4.78, 5) is 0. The molecule has 122 valence electrons. The van der Waals surface area contributed by atoms with Crippen molar-refractivity contribution in [1.29, 1.82) is 0 Å². The lowest BCUT2D eigenvalue weighted by atomic mass is 10.3. The predicted octanol–water partition coefficient (Wildman–Crippen LogP) is 3.29. The number of nitrogens with zero attached hydrogens (tertiary/aromatic N) is 1. The summed E-state index contributed by atoms with van der Waals surface area (Å²) in [5, 5.41) is 0. The van der Waals surface area contributed by atoms with Crippen LogP contribution >= 0.6 is 0 Å². The van der Waals surface area contributed by atoms with Crippen LogP contribution < -0.4 is 4.72 Å². The number of unbranched alkanes of at least 4 members (excludes halogenated alkanes) is 1.